The number of amides is 4. The minimum atomic E-state index is -0.373. The molecule has 7 nitrogen and oxygen atoms in total. The van der Waals surface area contributed by atoms with E-state index in [-0.39, 0.29) is 36.7 Å². The number of carbonyl (C=O) groups is 4. The predicted molar refractivity (Wildman–Crippen MR) is 165 cm³/mol. The van der Waals surface area contributed by atoms with Gasteiger partial charge in [-0.2, -0.15) is 0 Å². The molecule has 0 atom stereocenters. The normalized spacial score (nSPS) is 14.8. The van der Waals surface area contributed by atoms with Crippen LogP contribution in [0.1, 0.15) is 54.3 Å². The quantitative estimate of drug-likeness (QED) is 0.115. The van der Waals surface area contributed by atoms with Gasteiger partial charge in [-0.1, -0.05) is 0 Å². The summed E-state index contributed by atoms with van der Waals surface area (Å²) >= 11 is 27.2. The van der Waals surface area contributed by atoms with E-state index >= 15 is 0 Å². The van der Waals surface area contributed by atoms with Crippen molar-refractivity contribution in [1.82, 2.24) is 9.80 Å². The van der Waals surface area contributed by atoms with Crippen molar-refractivity contribution in [3.8, 4) is 0 Å². The van der Waals surface area contributed by atoms with Gasteiger partial charge in [0.1, 0.15) is 0 Å². The first kappa shape index (κ1) is 30.5. The molecule has 0 N–H and O–H groups in total. The zero-order chi connectivity index (χ0) is 27.3. The molecule has 0 radical (unpaired) electrons. The number of carbonyl (C=O) groups excluding carboxylic acids is 4. The molecule has 0 saturated carbocycles. The number of halogens is 8. The molecule has 2 heterocycles. The summed E-state index contributed by atoms with van der Waals surface area (Å²) in [5.74, 6) is -1.49. The number of nitrogens with zero attached hydrogens (tertiary/aromatic N) is 2. The topological polar surface area (TPSA) is 84.0 Å². The van der Waals surface area contributed by atoms with Gasteiger partial charge in [0.15, 0.2) is 0 Å². The first-order valence-corrected chi connectivity index (χ1v) is 16.8. The second-order valence-corrected chi connectivity index (χ2v) is 14.2. The molecule has 4 rings (SSSR count). The first-order chi connectivity index (χ1) is 17.4. The highest BCUT2D eigenvalue weighted by Gasteiger charge is 2.41. The average molecular weight is 1020 g/mol. The molecule has 37 heavy (non-hydrogen) atoms. The van der Waals surface area contributed by atoms with E-state index in [2.05, 4.69) is 127 Å². The van der Waals surface area contributed by atoms with E-state index in [4.69, 9.17) is 4.74 Å². The van der Waals surface area contributed by atoms with Crippen LogP contribution in [-0.2, 0) is 4.74 Å². The molecule has 2 aromatic rings. The summed E-state index contributed by atoms with van der Waals surface area (Å²) in [5, 5.41) is 0. The van der Waals surface area contributed by atoms with Crippen LogP contribution in [0.15, 0.2) is 35.8 Å². The van der Waals surface area contributed by atoms with E-state index in [1.807, 2.05) is 0 Å². The number of fused-ring (bicyclic) bond motifs is 2. The summed E-state index contributed by atoms with van der Waals surface area (Å²) < 4.78 is 10.3. The average Bonchev–Trinajstić information content (AvgIpc) is 3.27. The summed E-state index contributed by atoms with van der Waals surface area (Å²) in [6, 6.07) is 0. The molecule has 196 valence electrons. The molecule has 0 unspecified atom stereocenters. The molecule has 0 fully saturated rings. The van der Waals surface area contributed by atoms with Crippen molar-refractivity contribution >= 4 is 151 Å². The van der Waals surface area contributed by atoms with Crippen LogP contribution in [0.3, 0.4) is 0 Å². The Kier molecular flexibility index (Phi) is 10.0. The zero-order valence-corrected chi connectivity index (χ0v) is 30.9. The second-order valence-electron chi connectivity index (χ2n) is 7.86. The molecule has 2 aliphatic rings. The highest BCUT2D eigenvalue weighted by atomic mass is 79.9. The molecule has 4 amide bonds. The van der Waals surface area contributed by atoms with Gasteiger partial charge in [0.2, 0.25) is 0 Å². The summed E-state index contributed by atoms with van der Waals surface area (Å²) in [5.41, 5.74) is 1.24. The number of imide groups is 2. The van der Waals surface area contributed by atoms with E-state index < -0.39 is 0 Å². The Balaban J connectivity index is 1.28. The zero-order valence-electron chi connectivity index (χ0n) is 18.2. The van der Waals surface area contributed by atoms with Gasteiger partial charge in [-0.15, -0.1) is 0 Å². The minimum Gasteiger partial charge on any atom is -0.381 e. The molecule has 0 aliphatic carbocycles. The monoisotopic (exact) mass is 1020 g/mol. The van der Waals surface area contributed by atoms with Crippen LogP contribution >= 0.6 is 127 Å². The van der Waals surface area contributed by atoms with E-state index in [1.54, 1.807) is 0 Å². The van der Waals surface area contributed by atoms with Crippen LogP contribution in [0.5, 0.6) is 0 Å². The van der Waals surface area contributed by atoms with Crippen molar-refractivity contribution < 1.29 is 23.9 Å². The number of hydrogen-bond acceptors (Lipinski definition) is 5. The van der Waals surface area contributed by atoms with Crippen LogP contribution in [0, 0.1) is 0 Å². The van der Waals surface area contributed by atoms with Crippen molar-refractivity contribution in [3.05, 3.63) is 58.0 Å². The van der Waals surface area contributed by atoms with Gasteiger partial charge in [-0.3, -0.25) is 29.0 Å². The Morgan fingerprint density at radius 3 is 0.919 bits per heavy atom. The van der Waals surface area contributed by atoms with Gasteiger partial charge in [0, 0.05) is 62.1 Å². The van der Waals surface area contributed by atoms with Gasteiger partial charge in [0.05, 0.1) is 22.3 Å². The Morgan fingerprint density at radius 2 is 0.676 bits per heavy atom. The van der Waals surface area contributed by atoms with Crippen LogP contribution in [0.25, 0.3) is 0 Å². The summed E-state index contributed by atoms with van der Waals surface area (Å²) in [4.78, 5) is 54.0. The molecule has 0 spiro atoms. The van der Waals surface area contributed by atoms with Gasteiger partial charge >= 0.3 is 0 Å². The molecular weight excluding hydrogens is 1010 g/mol. The maximum Gasteiger partial charge on any atom is 0.262 e. The molecule has 0 aromatic heterocycles. The van der Waals surface area contributed by atoms with Crippen molar-refractivity contribution in [2.45, 2.75) is 12.8 Å². The number of rotatable bonds is 8. The lowest BCUT2D eigenvalue weighted by Gasteiger charge is -2.15. The van der Waals surface area contributed by atoms with E-state index in [9.17, 15) is 19.2 Å². The fraction of sp³-hybridized carbons (Fsp3) is 0.273. The van der Waals surface area contributed by atoms with Crippen molar-refractivity contribution in [3.63, 3.8) is 0 Å². The van der Waals surface area contributed by atoms with Crippen LogP contribution in [0.4, 0.5) is 0 Å². The highest BCUT2D eigenvalue weighted by Crippen LogP contribution is 2.46. The third-order valence-corrected chi connectivity index (χ3v) is 15.2. The third-order valence-electron chi connectivity index (χ3n) is 5.71. The fourth-order valence-corrected chi connectivity index (χ4v) is 8.86. The molecule has 2 aliphatic heterocycles. The van der Waals surface area contributed by atoms with Crippen LogP contribution < -0.4 is 0 Å². The summed E-state index contributed by atoms with van der Waals surface area (Å²) in [6.45, 7) is 1.01. The van der Waals surface area contributed by atoms with Crippen molar-refractivity contribution in [2.75, 3.05) is 26.3 Å². The number of hydrogen-bond donors (Lipinski definition) is 0. The summed E-state index contributed by atoms with van der Waals surface area (Å²) in [7, 11) is 0. The fourth-order valence-electron chi connectivity index (χ4n) is 3.95. The smallest absolute Gasteiger partial charge is 0.262 e. The standard InChI is InChI=1S/C22H12Br8N2O5/c23-11-7-8(12(24)16(28)15(11)27)20(34)31(19(7)33)3-1-5-37-6-2-4-32-21(35)9-10(22(32)36)14(26)18(30)17(29)13(9)25/h1-6H2. The molecular formula is C22H12Br8N2O5. The Bertz CT molecular complexity index is 1200. The SMILES string of the molecule is O=C1c2c(Br)c(Br)c(Br)c(Br)c2C(=O)N1CCCOCCCN1C(=O)c2c(Br)c(Br)c(Br)c(Br)c2C1=O. The van der Waals surface area contributed by atoms with Gasteiger partial charge in [-0.25, -0.2) is 0 Å². The van der Waals surface area contributed by atoms with Gasteiger partial charge < -0.3 is 4.74 Å². The second kappa shape index (κ2) is 12.2. The molecule has 0 saturated heterocycles. The lowest BCUT2D eigenvalue weighted by molar-refractivity contribution is 0.0612. The maximum absolute atomic E-state index is 12.9. The highest BCUT2D eigenvalue weighted by molar-refractivity contribution is 9.15. The first-order valence-electron chi connectivity index (χ1n) is 10.4. The Labute approximate surface area is 278 Å². The molecule has 2 aromatic carbocycles. The molecule has 0 bridgehead atoms. The lowest BCUT2D eigenvalue weighted by Crippen LogP contribution is -2.32. The summed E-state index contributed by atoms with van der Waals surface area (Å²) in [6.07, 6.45) is 0.885. The Hall–Kier alpha value is 0.520. The van der Waals surface area contributed by atoms with Gasteiger partial charge in [-0.05, 0) is 140 Å². The van der Waals surface area contributed by atoms with E-state index in [1.165, 1.54) is 9.80 Å². The number of benzene rings is 2. The third kappa shape index (κ3) is 5.31. The van der Waals surface area contributed by atoms with E-state index in [0.29, 0.717) is 84.1 Å². The van der Waals surface area contributed by atoms with E-state index in [0.717, 1.165) is 0 Å². The lowest BCUT2D eigenvalue weighted by atomic mass is 10.1. The van der Waals surface area contributed by atoms with Crippen molar-refractivity contribution in [2.24, 2.45) is 0 Å². The van der Waals surface area contributed by atoms with Crippen molar-refractivity contribution in [1.29, 1.82) is 0 Å². The van der Waals surface area contributed by atoms with Crippen LogP contribution in [0.2, 0.25) is 0 Å². The predicted octanol–water partition coefficient (Wildman–Crippen LogP) is 8.48. The van der Waals surface area contributed by atoms with Crippen LogP contribution in [-0.4, -0.2) is 59.7 Å². The minimum absolute atomic E-state index is 0.199. The Morgan fingerprint density at radius 1 is 0.432 bits per heavy atom. The van der Waals surface area contributed by atoms with Gasteiger partial charge in [0.25, 0.3) is 23.6 Å². The number of ether oxygens (including phenoxy) is 1. The molecule has 15 heteroatoms. The maximum atomic E-state index is 12.9. The largest absolute Gasteiger partial charge is 0.381 e.